The number of rotatable bonds is 3. The second-order valence-corrected chi connectivity index (χ2v) is 2.96. The lowest BCUT2D eigenvalue weighted by Gasteiger charge is -2.09. The topological polar surface area (TPSA) is 92.4 Å². The predicted molar refractivity (Wildman–Crippen MR) is 41.3 cm³/mol. The molecule has 2 atom stereocenters. The molecule has 4 N–H and O–H groups in total. The number of carbonyl (C=O) groups excluding carboxylic acids is 1. The first-order valence-corrected chi connectivity index (χ1v) is 3.87. The number of hydrogen-bond donors (Lipinski definition) is 3. The van der Waals surface area contributed by atoms with Crippen LogP contribution in [-0.2, 0) is 9.59 Å². The molecule has 1 fully saturated rings. The van der Waals surface area contributed by atoms with E-state index >= 15 is 0 Å². The zero-order valence-corrected chi connectivity index (χ0v) is 6.62. The van der Waals surface area contributed by atoms with Crippen molar-refractivity contribution in [3.8, 4) is 0 Å². The van der Waals surface area contributed by atoms with Gasteiger partial charge >= 0.3 is 5.97 Å². The van der Waals surface area contributed by atoms with Gasteiger partial charge in [0.25, 0.3) is 0 Å². The van der Waals surface area contributed by atoms with E-state index in [0.29, 0.717) is 13.0 Å². The van der Waals surface area contributed by atoms with Gasteiger partial charge < -0.3 is 16.2 Å². The van der Waals surface area contributed by atoms with Gasteiger partial charge in [0.05, 0.1) is 0 Å². The van der Waals surface area contributed by atoms with E-state index in [9.17, 15) is 9.59 Å². The van der Waals surface area contributed by atoms with Gasteiger partial charge in [0.2, 0.25) is 5.91 Å². The number of carboxylic acid groups (broad SMARTS) is 1. The first kappa shape index (κ1) is 8.99. The van der Waals surface area contributed by atoms with Crippen LogP contribution in [-0.4, -0.2) is 29.6 Å². The second kappa shape index (κ2) is 3.53. The Morgan fingerprint density at radius 1 is 1.83 bits per heavy atom. The molecule has 0 radical (unpaired) electrons. The van der Waals surface area contributed by atoms with Crippen molar-refractivity contribution in [1.29, 1.82) is 0 Å². The van der Waals surface area contributed by atoms with Gasteiger partial charge in [-0.05, 0) is 12.8 Å². The number of aliphatic carboxylic acids is 1. The van der Waals surface area contributed by atoms with E-state index < -0.39 is 12.0 Å². The molecule has 1 amide bonds. The number of amides is 1. The lowest BCUT2D eigenvalue weighted by molar-refractivity contribution is -0.139. The lowest BCUT2D eigenvalue weighted by Crippen LogP contribution is -2.34. The van der Waals surface area contributed by atoms with Crippen molar-refractivity contribution >= 4 is 11.9 Å². The molecule has 1 rings (SSSR count). The highest BCUT2D eigenvalue weighted by Crippen LogP contribution is 2.14. The maximum absolute atomic E-state index is 11.0. The molecule has 68 valence electrons. The SMILES string of the molecule is N[C@@H](CC1CCNC1=O)C(=O)O. The Balaban J connectivity index is 2.40. The Kier molecular flexibility index (Phi) is 2.65. The Morgan fingerprint density at radius 3 is 2.92 bits per heavy atom. The van der Waals surface area contributed by atoms with Gasteiger partial charge in [0.1, 0.15) is 6.04 Å². The standard InChI is InChI=1S/C7H12N2O3/c8-5(7(11)12)3-4-1-2-9-6(4)10/h4-5H,1-3,8H2,(H,9,10)(H,11,12)/t4?,5-/m0/s1. The summed E-state index contributed by atoms with van der Waals surface area (Å²) < 4.78 is 0. The molecule has 0 aliphatic carbocycles. The summed E-state index contributed by atoms with van der Waals surface area (Å²) >= 11 is 0. The van der Waals surface area contributed by atoms with Crippen LogP contribution in [0.4, 0.5) is 0 Å². The van der Waals surface area contributed by atoms with Crippen molar-refractivity contribution < 1.29 is 14.7 Å². The van der Waals surface area contributed by atoms with Crippen LogP contribution >= 0.6 is 0 Å². The maximum Gasteiger partial charge on any atom is 0.320 e. The normalized spacial score (nSPS) is 25.1. The molecule has 1 aliphatic rings. The first-order chi connectivity index (χ1) is 5.61. The zero-order valence-electron chi connectivity index (χ0n) is 6.62. The summed E-state index contributed by atoms with van der Waals surface area (Å²) in [6.45, 7) is 0.635. The molecule has 0 aromatic rings. The Morgan fingerprint density at radius 2 is 2.50 bits per heavy atom. The highest BCUT2D eigenvalue weighted by Gasteiger charge is 2.28. The van der Waals surface area contributed by atoms with Gasteiger partial charge in [-0.25, -0.2) is 0 Å². The quantitative estimate of drug-likeness (QED) is 0.505. The predicted octanol–water partition coefficient (Wildman–Crippen LogP) is -1.08. The maximum atomic E-state index is 11.0. The number of nitrogens with two attached hydrogens (primary N) is 1. The monoisotopic (exact) mass is 172 g/mol. The van der Waals surface area contributed by atoms with Crippen LogP contribution in [0.3, 0.4) is 0 Å². The molecular formula is C7H12N2O3. The minimum Gasteiger partial charge on any atom is -0.480 e. The summed E-state index contributed by atoms with van der Waals surface area (Å²) in [7, 11) is 0. The molecule has 0 spiro atoms. The number of hydrogen-bond acceptors (Lipinski definition) is 3. The van der Waals surface area contributed by atoms with Crippen LogP contribution in [0, 0.1) is 5.92 Å². The van der Waals surface area contributed by atoms with Crippen molar-refractivity contribution in [2.75, 3.05) is 6.54 Å². The average Bonchev–Trinajstić information content (AvgIpc) is 2.36. The molecular weight excluding hydrogens is 160 g/mol. The number of nitrogens with one attached hydrogen (secondary N) is 1. The van der Waals surface area contributed by atoms with Gasteiger partial charge in [-0.15, -0.1) is 0 Å². The van der Waals surface area contributed by atoms with Gasteiger partial charge in [-0.3, -0.25) is 9.59 Å². The number of carboxylic acids is 1. The van der Waals surface area contributed by atoms with Crippen LogP contribution in [0.5, 0.6) is 0 Å². The van der Waals surface area contributed by atoms with E-state index in [1.807, 2.05) is 0 Å². The van der Waals surface area contributed by atoms with Crippen molar-refractivity contribution in [3.63, 3.8) is 0 Å². The van der Waals surface area contributed by atoms with E-state index in [0.717, 1.165) is 0 Å². The summed E-state index contributed by atoms with van der Waals surface area (Å²) in [4.78, 5) is 21.3. The molecule has 1 aliphatic heterocycles. The summed E-state index contributed by atoms with van der Waals surface area (Å²) in [5.41, 5.74) is 5.28. The second-order valence-electron chi connectivity index (χ2n) is 2.96. The van der Waals surface area contributed by atoms with Gasteiger partial charge in [0, 0.05) is 12.5 Å². The third kappa shape index (κ3) is 1.94. The molecule has 0 aromatic heterocycles. The zero-order chi connectivity index (χ0) is 9.14. The van der Waals surface area contributed by atoms with E-state index in [2.05, 4.69) is 5.32 Å². The molecule has 5 nitrogen and oxygen atoms in total. The smallest absolute Gasteiger partial charge is 0.320 e. The first-order valence-electron chi connectivity index (χ1n) is 3.87. The minimum atomic E-state index is -1.05. The molecule has 5 heteroatoms. The fraction of sp³-hybridized carbons (Fsp3) is 0.714. The van der Waals surface area contributed by atoms with E-state index in [1.54, 1.807) is 0 Å². The van der Waals surface area contributed by atoms with Gasteiger partial charge in [-0.1, -0.05) is 0 Å². The highest BCUT2D eigenvalue weighted by atomic mass is 16.4. The Hall–Kier alpha value is -1.10. The Bertz CT molecular complexity index is 205. The largest absolute Gasteiger partial charge is 0.480 e. The van der Waals surface area contributed by atoms with E-state index in [-0.39, 0.29) is 18.2 Å². The van der Waals surface area contributed by atoms with Crippen LogP contribution in [0.2, 0.25) is 0 Å². The van der Waals surface area contributed by atoms with Crippen molar-refractivity contribution in [2.24, 2.45) is 11.7 Å². The fourth-order valence-corrected chi connectivity index (χ4v) is 1.28. The summed E-state index contributed by atoms with van der Waals surface area (Å²) in [5.74, 6) is -1.34. The summed E-state index contributed by atoms with van der Waals surface area (Å²) in [6, 6.07) is -0.918. The third-order valence-corrected chi connectivity index (χ3v) is 2.02. The van der Waals surface area contributed by atoms with Crippen LogP contribution in [0.1, 0.15) is 12.8 Å². The van der Waals surface area contributed by atoms with Crippen molar-refractivity contribution in [3.05, 3.63) is 0 Å². The van der Waals surface area contributed by atoms with Crippen LogP contribution in [0.15, 0.2) is 0 Å². The van der Waals surface area contributed by atoms with Crippen LogP contribution in [0.25, 0.3) is 0 Å². The van der Waals surface area contributed by atoms with Crippen LogP contribution < -0.4 is 11.1 Å². The van der Waals surface area contributed by atoms with Crippen molar-refractivity contribution in [2.45, 2.75) is 18.9 Å². The number of carbonyl (C=O) groups is 2. The minimum absolute atomic E-state index is 0.0771. The summed E-state index contributed by atoms with van der Waals surface area (Å²) in [5, 5.41) is 11.1. The molecule has 0 saturated carbocycles. The Labute approximate surface area is 69.9 Å². The molecule has 1 saturated heterocycles. The molecule has 0 aromatic carbocycles. The summed E-state index contributed by atoms with van der Waals surface area (Å²) in [6.07, 6.45) is 0.932. The molecule has 1 heterocycles. The highest BCUT2D eigenvalue weighted by molar-refractivity contribution is 5.82. The lowest BCUT2D eigenvalue weighted by atomic mass is 9.99. The molecule has 0 bridgehead atoms. The molecule has 12 heavy (non-hydrogen) atoms. The molecule has 1 unspecified atom stereocenters. The third-order valence-electron chi connectivity index (χ3n) is 2.02. The van der Waals surface area contributed by atoms with Crippen molar-refractivity contribution in [1.82, 2.24) is 5.32 Å². The van der Waals surface area contributed by atoms with E-state index in [1.165, 1.54) is 0 Å². The fourth-order valence-electron chi connectivity index (χ4n) is 1.28. The van der Waals surface area contributed by atoms with E-state index in [4.69, 9.17) is 10.8 Å². The van der Waals surface area contributed by atoms with Gasteiger partial charge in [0.15, 0.2) is 0 Å². The van der Waals surface area contributed by atoms with Gasteiger partial charge in [-0.2, -0.15) is 0 Å². The average molecular weight is 172 g/mol.